The molecular formula is C25H27ClN4O5S. The minimum Gasteiger partial charge on any atom is -0.496 e. The highest BCUT2D eigenvalue weighted by Crippen LogP contribution is 2.32. The number of nitrogens with one attached hydrogen (secondary N) is 1. The molecule has 0 aliphatic carbocycles. The molecule has 36 heavy (non-hydrogen) atoms. The van der Waals surface area contributed by atoms with Gasteiger partial charge in [0.1, 0.15) is 11.8 Å². The number of hydrogen-bond acceptors (Lipinski definition) is 7. The first kappa shape index (κ1) is 27.1. The molecule has 2 amide bonds. The van der Waals surface area contributed by atoms with E-state index in [4.69, 9.17) is 26.8 Å². The number of amides is 2. The zero-order chi connectivity index (χ0) is 26.4. The number of carbonyl (C=O) groups excluding carboxylic acids is 3. The highest BCUT2D eigenvalue weighted by atomic mass is 35.5. The van der Waals surface area contributed by atoms with E-state index >= 15 is 0 Å². The minimum absolute atomic E-state index is 0.0719. The molecule has 3 N–H and O–H groups in total. The van der Waals surface area contributed by atoms with Gasteiger partial charge < -0.3 is 20.5 Å². The number of anilines is 1. The third-order valence-electron chi connectivity index (χ3n) is 5.35. The van der Waals surface area contributed by atoms with E-state index in [2.05, 4.69) is 10.3 Å². The number of rotatable bonds is 8. The molecule has 0 fully saturated rings. The SMILES string of the molecule is COc1cc(NC(=O)c2ccccc2C)c(Cl)cc1C(=O)N=c1sccn1COC(=O)[C@@H](N)C(C)C. The van der Waals surface area contributed by atoms with Crippen molar-refractivity contribution < 1.29 is 23.9 Å². The Morgan fingerprint density at radius 2 is 1.92 bits per heavy atom. The largest absolute Gasteiger partial charge is 0.496 e. The number of carbonyl (C=O) groups is 3. The summed E-state index contributed by atoms with van der Waals surface area (Å²) in [5.74, 6) is -1.39. The number of nitrogens with zero attached hydrogens (tertiary/aromatic N) is 2. The van der Waals surface area contributed by atoms with Gasteiger partial charge in [-0.2, -0.15) is 4.99 Å². The summed E-state index contributed by atoms with van der Waals surface area (Å²) in [7, 11) is 1.40. The number of ether oxygens (including phenoxy) is 2. The summed E-state index contributed by atoms with van der Waals surface area (Å²) in [6.45, 7) is 5.33. The van der Waals surface area contributed by atoms with Gasteiger partial charge in [-0.1, -0.05) is 43.6 Å². The van der Waals surface area contributed by atoms with Gasteiger partial charge in [0.15, 0.2) is 11.5 Å². The van der Waals surface area contributed by atoms with Gasteiger partial charge in [-0.25, -0.2) is 0 Å². The lowest BCUT2D eigenvalue weighted by molar-refractivity contribution is -0.150. The third kappa shape index (κ3) is 6.39. The average Bonchev–Trinajstić information content (AvgIpc) is 3.29. The lowest BCUT2D eigenvalue weighted by Gasteiger charge is -2.14. The lowest BCUT2D eigenvalue weighted by Crippen LogP contribution is -2.37. The standard InChI is InChI=1S/C25H27ClN4O5S/c1-14(2)21(27)24(33)35-13-30-9-10-36-25(30)29-23(32)17-11-18(26)19(12-20(17)34-4)28-22(31)16-8-6-5-7-15(16)3/h5-12,14,21H,13,27H2,1-4H3,(H,28,31)/t21-/m0/s1. The van der Waals surface area contributed by atoms with Gasteiger partial charge in [-0.3, -0.25) is 19.0 Å². The molecule has 1 atom stereocenters. The van der Waals surface area contributed by atoms with Crippen LogP contribution in [-0.4, -0.2) is 35.5 Å². The lowest BCUT2D eigenvalue weighted by atomic mass is 10.1. The van der Waals surface area contributed by atoms with Crippen LogP contribution >= 0.6 is 22.9 Å². The molecule has 2 aromatic carbocycles. The van der Waals surface area contributed by atoms with Gasteiger partial charge in [0.2, 0.25) is 0 Å². The van der Waals surface area contributed by atoms with Crippen LogP contribution < -0.4 is 20.6 Å². The first-order chi connectivity index (χ1) is 17.1. The third-order valence-corrected chi connectivity index (χ3v) is 6.46. The maximum Gasteiger partial charge on any atom is 0.324 e. The van der Waals surface area contributed by atoms with Crippen molar-refractivity contribution >= 4 is 46.4 Å². The van der Waals surface area contributed by atoms with Gasteiger partial charge >= 0.3 is 5.97 Å². The molecule has 9 nitrogen and oxygen atoms in total. The number of esters is 1. The number of nitrogens with two attached hydrogens (primary N) is 1. The molecule has 0 unspecified atom stereocenters. The van der Waals surface area contributed by atoms with Crippen LogP contribution in [0.15, 0.2) is 53.0 Å². The Kier molecular flexibility index (Phi) is 9.03. The molecule has 11 heteroatoms. The quantitative estimate of drug-likeness (QED) is 0.424. The van der Waals surface area contributed by atoms with Crippen LogP contribution in [0, 0.1) is 12.8 Å². The summed E-state index contributed by atoms with van der Waals surface area (Å²) in [5.41, 5.74) is 7.52. The van der Waals surface area contributed by atoms with E-state index in [0.29, 0.717) is 10.4 Å². The second-order valence-corrected chi connectivity index (χ2v) is 9.52. The molecule has 1 heterocycles. The first-order valence-corrected chi connectivity index (χ1v) is 12.3. The second kappa shape index (κ2) is 12.0. The van der Waals surface area contributed by atoms with Crippen molar-refractivity contribution in [2.24, 2.45) is 16.6 Å². The van der Waals surface area contributed by atoms with Crippen LogP contribution in [-0.2, 0) is 16.3 Å². The van der Waals surface area contributed by atoms with Crippen LogP contribution in [0.4, 0.5) is 5.69 Å². The normalized spacial score (nSPS) is 12.4. The monoisotopic (exact) mass is 530 g/mol. The Labute approximate surface area is 217 Å². The fourth-order valence-corrected chi connectivity index (χ4v) is 4.06. The molecule has 1 aromatic heterocycles. The number of aromatic nitrogens is 1. The average molecular weight is 531 g/mol. The second-order valence-electron chi connectivity index (χ2n) is 8.24. The van der Waals surface area contributed by atoms with Gasteiger partial charge in [0.25, 0.3) is 11.8 Å². The number of aryl methyl sites for hydroxylation is 1. The molecule has 0 saturated carbocycles. The fraction of sp³-hybridized carbons (Fsp3) is 0.280. The fourth-order valence-electron chi connectivity index (χ4n) is 3.14. The van der Waals surface area contributed by atoms with E-state index in [1.54, 1.807) is 23.7 Å². The highest BCUT2D eigenvalue weighted by Gasteiger charge is 2.20. The van der Waals surface area contributed by atoms with E-state index in [0.717, 1.165) is 5.56 Å². The van der Waals surface area contributed by atoms with E-state index in [-0.39, 0.29) is 40.6 Å². The smallest absolute Gasteiger partial charge is 0.324 e. The van der Waals surface area contributed by atoms with Gasteiger partial charge in [0.05, 0.1) is 23.4 Å². The molecule has 0 aliphatic heterocycles. The summed E-state index contributed by atoms with van der Waals surface area (Å²) in [6, 6.07) is 9.26. The number of halogens is 1. The molecule has 0 saturated heterocycles. The number of hydrogen-bond donors (Lipinski definition) is 2. The maximum absolute atomic E-state index is 13.0. The summed E-state index contributed by atoms with van der Waals surface area (Å²) in [4.78, 5) is 42.2. The molecule has 3 rings (SSSR count). The van der Waals surface area contributed by atoms with Crippen molar-refractivity contribution in [2.45, 2.75) is 33.5 Å². The molecule has 0 aliphatic rings. The minimum atomic E-state index is -0.748. The molecule has 3 aromatic rings. The van der Waals surface area contributed by atoms with Crippen molar-refractivity contribution in [1.82, 2.24) is 4.57 Å². The molecule has 190 valence electrons. The van der Waals surface area contributed by atoms with Crippen molar-refractivity contribution in [3.8, 4) is 5.75 Å². The Morgan fingerprint density at radius 3 is 2.58 bits per heavy atom. The van der Waals surface area contributed by atoms with Crippen molar-refractivity contribution in [2.75, 3.05) is 12.4 Å². The van der Waals surface area contributed by atoms with Gasteiger partial charge in [-0.05, 0) is 30.5 Å². The summed E-state index contributed by atoms with van der Waals surface area (Å²) in [6.07, 6.45) is 1.64. The van der Waals surface area contributed by atoms with Crippen molar-refractivity contribution in [1.29, 1.82) is 0 Å². The van der Waals surface area contributed by atoms with E-state index in [1.807, 2.05) is 32.9 Å². The van der Waals surface area contributed by atoms with Gasteiger partial charge in [0, 0.05) is 23.2 Å². The predicted molar refractivity (Wildman–Crippen MR) is 138 cm³/mol. The van der Waals surface area contributed by atoms with Crippen LogP contribution in [0.25, 0.3) is 0 Å². The van der Waals surface area contributed by atoms with Gasteiger partial charge in [-0.15, -0.1) is 11.3 Å². The predicted octanol–water partition coefficient (Wildman–Crippen LogP) is 4.00. The Morgan fingerprint density at radius 1 is 1.19 bits per heavy atom. The van der Waals surface area contributed by atoms with Crippen LogP contribution in [0.5, 0.6) is 5.75 Å². The van der Waals surface area contributed by atoms with Crippen molar-refractivity contribution in [3.63, 3.8) is 0 Å². The van der Waals surface area contributed by atoms with Crippen LogP contribution in [0.3, 0.4) is 0 Å². The Hall–Kier alpha value is -3.47. The van der Waals surface area contributed by atoms with Crippen LogP contribution in [0.1, 0.15) is 40.1 Å². The topological polar surface area (TPSA) is 125 Å². The first-order valence-electron chi connectivity index (χ1n) is 11.0. The molecule has 0 bridgehead atoms. The Bertz CT molecular complexity index is 1350. The van der Waals surface area contributed by atoms with E-state index in [9.17, 15) is 14.4 Å². The number of methoxy groups -OCH3 is 1. The molecular weight excluding hydrogens is 504 g/mol. The summed E-state index contributed by atoms with van der Waals surface area (Å²) < 4.78 is 12.1. The highest BCUT2D eigenvalue weighted by molar-refractivity contribution is 7.07. The van der Waals surface area contributed by atoms with E-state index in [1.165, 1.54) is 35.1 Å². The zero-order valence-corrected chi connectivity index (χ0v) is 21.9. The Balaban J connectivity index is 1.83. The maximum atomic E-state index is 13.0. The summed E-state index contributed by atoms with van der Waals surface area (Å²) in [5, 5.41) is 4.60. The molecule has 0 radical (unpaired) electrons. The van der Waals surface area contributed by atoms with Crippen molar-refractivity contribution in [3.05, 3.63) is 74.5 Å². The number of benzene rings is 2. The summed E-state index contributed by atoms with van der Waals surface area (Å²) >= 11 is 7.58. The molecule has 0 spiro atoms. The zero-order valence-electron chi connectivity index (χ0n) is 20.3. The number of thiazole rings is 1. The van der Waals surface area contributed by atoms with Crippen LogP contribution in [0.2, 0.25) is 5.02 Å². The van der Waals surface area contributed by atoms with E-state index < -0.39 is 17.9 Å².